The Labute approximate surface area is 167 Å². The lowest BCUT2D eigenvalue weighted by molar-refractivity contribution is -0.402. The minimum atomic E-state index is -0.654. The van der Waals surface area contributed by atoms with Gasteiger partial charge in [-0.15, -0.1) is 0 Å². The van der Waals surface area contributed by atoms with Gasteiger partial charge in [0.2, 0.25) is 0 Å². The Bertz CT molecular complexity index is 1370. The van der Waals surface area contributed by atoms with Gasteiger partial charge in [-0.2, -0.15) is 0 Å². The molecule has 10 nitrogen and oxygen atoms in total. The third-order valence-corrected chi connectivity index (χ3v) is 4.31. The van der Waals surface area contributed by atoms with Gasteiger partial charge < -0.3 is 4.42 Å². The third-order valence-electron chi connectivity index (χ3n) is 4.31. The van der Waals surface area contributed by atoms with E-state index in [0.29, 0.717) is 16.6 Å². The van der Waals surface area contributed by atoms with Crippen LogP contribution in [0.2, 0.25) is 0 Å². The average molecular weight is 404 g/mol. The molecule has 0 N–H and O–H groups in total. The topological polar surface area (TPSA) is 134 Å². The maximum absolute atomic E-state index is 13.1. The number of nitrogens with zero attached hydrogens (tertiary/aromatic N) is 4. The highest BCUT2D eigenvalue weighted by atomic mass is 16.6. The number of aromatic nitrogens is 2. The standard InChI is InChI=1S/C20H12N4O6/c25-20-16-3-1-2-4-17(16)21-18(11-9-15-10-12-19(30-15)24(28)29)22(20)13-5-7-14(8-6-13)23(26)27/h1-12H. The summed E-state index contributed by atoms with van der Waals surface area (Å²) in [6.45, 7) is 0. The van der Waals surface area contributed by atoms with Crippen molar-refractivity contribution < 1.29 is 14.3 Å². The molecule has 10 heteroatoms. The molecule has 0 spiro atoms. The summed E-state index contributed by atoms with van der Waals surface area (Å²) in [5.41, 5.74) is 0.375. The van der Waals surface area contributed by atoms with Crippen LogP contribution < -0.4 is 5.56 Å². The van der Waals surface area contributed by atoms with Crippen molar-refractivity contribution in [1.82, 2.24) is 9.55 Å². The lowest BCUT2D eigenvalue weighted by atomic mass is 10.2. The largest absolute Gasteiger partial charge is 0.433 e. The molecule has 0 aliphatic heterocycles. The van der Waals surface area contributed by atoms with E-state index in [1.807, 2.05) is 0 Å². The van der Waals surface area contributed by atoms with Gasteiger partial charge in [0, 0.05) is 12.1 Å². The molecule has 2 heterocycles. The van der Waals surface area contributed by atoms with Crippen molar-refractivity contribution in [3.63, 3.8) is 0 Å². The quantitative estimate of drug-likeness (QED) is 0.363. The zero-order chi connectivity index (χ0) is 21.3. The van der Waals surface area contributed by atoms with Crippen LogP contribution in [0.15, 0.2) is 69.9 Å². The predicted molar refractivity (Wildman–Crippen MR) is 108 cm³/mol. The first-order valence-electron chi connectivity index (χ1n) is 8.63. The fourth-order valence-corrected chi connectivity index (χ4v) is 2.92. The van der Waals surface area contributed by atoms with E-state index < -0.39 is 15.7 Å². The molecule has 0 aliphatic rings. The Hall–Kier alpha value is -4.60. The number of non-ortho nitro benzene ring substituents is 1. The Morgan fingerprint density at radius 2 is 1.63 bits per heavy atom. The minimum Gasteiger partial charge on any atom is -0.401 e. The van der Waals surface area contributed by atoms with Gasteiger partial charge in [0.05, 0.1) is 27.6 Å². The predicted octanol–water partition coefficient (Wildman–Crippen LogP) is 3.97. The van der Waals surface area contributed by atoms with E-state index in [1.54, 1.807) is 24.3 Å². The number of fused-ring (bicyclic) bond motifs is 1. The lowest BCUT2D eigenvalue weighted by Gasteiger charge is -2.11. The normalized spacial score (nSPS) is 11.2. The number of nitro benzene ring substituents is 1. The number of hydrogen-bond donors (Lipinski definition) is 0. The maximum atomic E-state index is 13.1. The highest BCUT2D eigenvalue weighted by Gasteiger charge is 2.14. The molecule has 4 rings (SSSR count). The molecule has 0 bridgehead atoms. The molecular weight excluding hydrogens is 392 g/mol. The molecule has 0 atom stereocenters. The second kappa shape index (κ2) is 7.43. The molecule has 0 amide bonds. The summed E-state index contributed by atoms with van der Waals surface area (Å²) >= 11 is 0. The van der Waals surface area contributed by atoms with E-state index in [9.17, 15) is 25.0 Å². The molecular formula is C20H12N4O6. The number of rotatable bonds is 5. The first kappa shape index (κ1) is 18.7. The second-order valence-corrected chi connectivity index (χ2v) is 6.17. The Morgan fingerprint density at radius 1 is 0.900 bits per heavy atom. The number of para-hydroxylation sites is 1. The molecule has 0 radical (unpaired) electrons. The van der Waals surface area contributed by atoms with Crippen molar-refractivity contribution >= 4 is 34.6 Å². The monoisotopic (exact) mass is 404 g/mol. The highest BCUT2D eigenvalue weighted by Crippen LogP contribution is 2.20. The molecule has 2 aromatic carbocycles. The third kappa shape index (κ3) is 3.44. The van der Waals surface area contributed by atoms with Crippen molar-refractivity contribution in [1.29, 1.82) is 0 Å². The number of hydrogen-bond acceptors (Lipinski definition) is 7. The summed E-state index contributed by atoms with van der Waals surface area (Å²) in [5.74, 6) is 0.0276. The van der Waals surface area contributed by atoms with E-state index >= 15 is 0 Å². The molecule has 0 saturated heterocycles. The van der Waals surface area contributed by atoms with Crippen LogP contribution in [0.4, 0.5) is 11.6 Å². The van der Waals surface area contributed by atoms with Crippen LogP contribution in [0, 0.1) is 20.2 Å². The van der Waals surface area contributed by atoms with Gasteiger partial charge in [0.15, 0.2) is 0 Å². The Kier molecular flexibility index (Phi) is 4.64. The molecule has 0 unspecified atom stereocenters. The summed E-state index contributed by atoms with van der Waals surface area (Å²) < 4.78 is 6.40. The fraction of sp³-hybridized carbons (Fsp3) is 0. The minimum absolute atomic E-state index is 0.111. The van der Waals surface area contributed by atoms with Crippen molar-refractivity contribution in [2.45, 2.75) is 0 Å². The summed E-state index contributed by atoms with van der Waals surface area (Å²) in [4.78, 5) is 38.1. The van der Waals surface area contributed by atoms with Crippen molar-refractivity contribution in [3.05, 3.63) is 103 Å². The molecule has 0 aliphatic carbocycles. The molecule has 4 aromatic rings. The first-order chi connectivity index (χ1) is 14.4. The van der Waals surface area contributed by atoms with Gasteiger partial charge in [0.1, 0.15) is 16.5 Å². The van der Waals surface area contributed by atoms with Gasteiger partial charge in [-0.3, -0.25) is 29.6 Å². The van der Waals surface area contributed by atoms with E-state index in [1.165, 1.54) is 53.1 Å². The van der Waals surface area contributed by atoms with Crippen molar-refractivity contribution in [3.8, 4) is 5.69 Å². The number of furan rings is 1. The Balaban J connectivity index is 1.87. The fourth-order valence-electron chi connectivity index (χ4n) is 2.92. The summed E-state index contributed by atoms with van der Waals surface area (Å²) in [7, 11) is 0. The van der Waals surface area contributed by atoms with Gasteiger partial charge in [-0.25, -0.2) is 4.98 Å². The SMILES string of the molecule is O=c1c2ccccc2nc(C=Cc2ccc([N+](=O)[O-])o2)n1-c1ccc([N+](=O)[O-])cc1. The van der Waals surface area contributed by atoms with E-state index in [2.05, 4.69) is 4.98 Å². The second-order valence-electron chi connectivity index (χ2n) is 6.17. The van der Waals surface area contributed by atoms with Gasteiger partial charge in [-0.1, -0.05) is 12.1 Å². The van der Waals surface area contributed by atoms with Crippen LogP contribution in [-0.2, 0) is 0 Å². The molecule has 148 valence electrons. The van der Waals surface area contributed by atoms with Crippen LogP contribution >= 0.6 is 0 Å². The molecule has 0 saturated carbocycles. The summed E-state index contributed by atoms with van der Waals surface area (Å²) in [6.07, 6.45) is 2.93. The van der Waals surface area contributed by atoms with Crippen LogP contribution in [-0.4, -0.2) is 19.4 Å². The van der Waals surface area contributed by atoms with Crippen molar-refractivity contribution in [2.24, 2.45) is 0 Å². The first-order valence-corrected chi connectivity index (χ1v) is 8.63. The van der Waals surface area contributed by atoms with E-state index in [4.69, 9.17) is 4.42 Å². The van der Waals surface area contributed by atoms with Crippen LogP contribution in [0.5, 0.6) is 0 Å². The number of benzene rings is 2. The zero-order valence-electron chi connectivity index (χ0n) is 15.2. The number of nitro groups is 2. The van der Waals surface area contributed by atoms with Gasteiger partial charge in [0.25, 0.3) is 11.2 Å². The summed E-state index contributed by atoms with van der Waals surface area (Å²) in [5, 5.41) is 22.1. The van der Waals surface area contributed by atoms with E-state index in [0.717, 1.165) is 0 Å². The maximum Gasteiger partial charge on any atom is 0.433 e. The molecule has 2 aromatic heterocycles. The van der Waals surface area contributed by atoms with Gasteiger partial charge in [-0.05, 0) is 42.5 Å². The van der Waals surface area contributed by atoms with E-state index in [-0.39, 0.29) is 22.8 Å². The van der Waals surface area contributed by atoms with Crippen LogP contribution in [0.3, 0.4) is 0 Å². The van der Waals surface area contributed by atoms with Crippen molar-refractivity contribution in [2.75, 3.05) is 0 Å². The van der Waals surface area contributed by atoms with Crippen LogP contribution in [0.1, 0.15) is 11.6 Å². The Morgan fingerprint density at radius 3 is 2.30 bits per heavy atom. The average Bonchev–Trinajstić information content (AvgIpc) is 3.22. The zero-order valence-corrected chi connectivity index (χ0v) is 15.2. The molecule has 30 heavy (non-hydrogen) atoms. The highest BCUT2D eigenvalue weighted by molar-refractivity contribution is 5.80. The smallest absolute Gasteiger partial charge is 0.401 e. The lowest BCUT2D eigenvalue weighted by Crippen LogP contribution is -2.22. The van der Waals surface area contributed by atoms with Crippen LogP contribution in [0.25, 0.3) is 28.7 Å². The summed E-state index contributed by atoms with van der Waals surface area (Å²) in [6, 6.07) is 14.9. The molecule has 0 fully saturated rings. The van der Waals surface area contributed by atoms with Gasteiger partial charge >= 0.3 is 5.88 Å².